The highest BCUT2D eigenvalue weighted by Crippen LogP contribution is 2.45. The minimum absolute atomic E-state index is 0.274. The van der Waals surface area contributed by atoms with Crippen molar-refractivity contribution in [3.05, 3.63) is 77.3 Å². The highest BCUT2D eigenvalue weighted by molar-refractivity contribution is 9.10. The summed E-state index contributed by atoms with van der Waals surface area (Å²) in [6.45, 7) is 3.82. The van der Waals surface area contributed by atoms with Gasteiger partial charge < -0.3 is 4.74 Å². The molecule has 4 heteroatoms. The Kier molecular flexibility index (Phi) is 5.86. The Hall–Kier alpha value is -1.52. The number of ether oxygens (including phenoxy) is 1. The van der Waals surface area contributed by atoms with Crippen LogP contribution in [0.3, 0.4) is 0 Å². The molecule has 0 aliphatic carbocycles. The van der Waals surface area contributed by atoms with Crippen LogP contribution in [0.4, 0.5) is 0 Å². The molecule has 0 amide bonds. The third-order valence-corrected chi connectivity index (χ3v) is 5.25. The van der Waals surface area contributed by atoms with Crippen LogP contribution < -0.4 is 0 Å². The number of carbonyl (C=O) groups is 1. The van der Waals surface area contributed by atoms with Crippen molar-refractivity contribution >= 4 is 33.7 Å². The molecule has 2 aromatic carbocycles. The van der Waals surface area contributed by atoms with Gasteiger partial charge in [-0.3, -0.25) is 4.79 Å². The zero-order valence-corrected chi connectivity index (χ0v) is 14.7. The Morgan fingerprint density at radius 3 is 2.41 bits per heavy atom. The molecular weight excluding hydrogens is 360 g/mol. The highest BCUT2D eigenvalue weighted by Gasteiger charge is 2.41. The Balaban J connectivity index is 2.52. The second-order valence-electron chi connectivity index (χ2n) is 4.73. The molecule has 0 saturated carbocycles. The Morgan fingerprint density at radius 2 is 1.86 bits per heavy atom. The first-order chi connectivity index (χ1) is 10.6. The maximum atomic E-state index is 12.6. The van der Waals surface area contributed by atoms with Crippen molar-refractivity contribution in [1.29, 1.82) is 0 Å². The van der Waals surface area contributed by atoms with E-state index < -0.39 is 4.75 Å². The molecule has 1 atom stereocenters. The van der Waals surface area contributed by atoms with Gasteiger partial charge in [-0.15, -0.1) is 18.3 Å². The minimum atomic E-state index is -0.835. The van der Waals surface area contributed by atoms with Crippen LogP contribution in [0.2, 0.25) is 0 Å². The van der Waals surface area contributed by atoms with Gasteiger partial charge in [0.2, 0.25) is 0 Å². The summed E-state index contributed by atoms with van der Waals surface area (Å²) in [4.78, 5) is 13.6. The average molecular weight is 377 g/mol. The van der Waals surface area contributed by atoms with Crippen molar-refractivity contribution in [1.82, 2.24) is 0 Å². The van der Waals surface area contributed by atoms with Crippen LogP contribution >= 0.6 is 27.7 Å². The summed E-state index contributed by atoms with van der Waals surface area (Å²) in [6.07, 6.45) is 2.25. The van der Waals surface area contributed by atoms with Crippen LogP contribution in [-0.2, 0) is 14.3 Å². The van der Waals surface area contributed by atoms with Gasteiger partial charge in [-0.05, 0) is 36.2 Å². The van der Waals surface area contributed by atoms with Crippen molar-refractivity contribution in [3.8, 4) is 0 Å². The molecule has 0 N–H and O–H groups in total. The number of esters is 1. The summed E-state index contributed by atoms with van der Waals surface area (Å²) in [5, 5.41) is 0. The lowest BCUT2D eigenvalue weighted by atomic mass is 9.94. The van der Waals surface area contributed by atoms with Crippen molar-refractivity contribution in [2.75, 3.05) is 7.11 Å². The normalized spacial score (nSPS) is 13.2. The number of hydrogen-bond acceptors (Lipinski definition) is 3. The molecule has 0 radical (unpaired) electrons. The van der Waals surface area contributed by atoms with Crippen LogP contribution in [0, 0.1) is 0 Å². The number of carbonyl (C=O) groups excluding carboxylic acids is 1. The first-order valence-corrected chi connectivity index (χ1v) is 8.43. The predicted octanol–water partition coefficient (Wildman–Crippen LogP) is 5.19. The van der Waals surface area contributed by atoms with Crippen LogP contribution in [0.5, 0.6) is 0 Å². The van der Waals surface area contributed by atoms with Crippen LogP contribution in [0.15, 0.2) is 76.6 Å². The van der Waals surface area contributed by atoms with E-state index in [4.69, 9.17) is 4.74 Å². The molecule has 114 valence electrons. The molecule has 22 heavy (non-hydrogen) atoms. The smallest absolute Gasteiger partial charge is 0.327 e. The lowest BCUT2D eigenvalue weighted by Gasteiger charge is -2.30. The first-order valence-electron chi connectivity index (χ1n) is 6.82. The number of halogens is 1. The van der Waals surface area contributed by atoms with E-state index in [9.17, 15) is 4.79 Å². The minimum Gasteiger partial charge on any atom is -0.468 e. The van der Waals surface area contributed by atoms with E-state index in [0.717, 1.165) is 14.9 Å². The third kappa shape index (κ3) is 3.62. The van der Waals surface area contributed by atoms with Crippen LogP contribution in [-0.4, -0.2) is 13.1 Å². The quantitative estimate of drug-likeness (QED) is 0.394. The topological polar surface area (TPSA) is 26.3 Å². The average Bonchev–Trinajstić information content (AvgIpc) is 2.55. The van der Waals surface area contributed by atoms with Gasteiger partial charge in [0.1, 0.15) is 4.75 Å². The van der Waals surface area contributed by atoms with E-state index in [1.54, 1.807) is 6.08 Å². The van der Waals surface area contributed by atoms with Gasteiger partial charge in [0.05, 0.1) is 7.11 Å². The summed E-state index contributed by atoms with van der Waals surface area (Å²) < 4.78 is 5.24. The monoisotopic (exact) mass is 376 g/mol. The number of methoxy groups -OCH3 is 1. The van der Waals surface area contributed by atoms with Gasteiger partial charge in [0, 0.05) is 9.37 Å². The molecule has 2 nitrogen and oxygen atoms in total. The van der Waals surface area contributed by atoms with E-state index in [2.05, 4.69) is 22.5 Å². The number of hydrogen-bond donors (Lipinski definition) is 0. The maximum absolute atomic E-state index is 12.6. The number of thioether (sulfide) groups is 1. The van der Waals surface area contributed by atoms with E-state index in [1.807, 2.05) is 54.6 Å². The van der Waals surface area contributed by atoms with Crippen molar-refractivity contribution in [2.24, 2.45) is 0 Å². The zero-order chi connectivity index (χ0) is 16.0. The van der Waals surface area contributed by atoms with Gasteiger partial charge >= 0.3 is 5.97 Å². The number of rotatable bonds is 6. The standard InChI is InChI=1S/C18H17BrO2S/c1-3-13-18(17(20)21-2,14-9-11-15(19)12-10-14)22-16-7-5-4-6-8-16/h3-12H,1,13H2,2H3. The molecule has 0 aromatic heterocycles. The molecule has 0 aliphatic rings. The van der Waals surface area contributed by atoms with Gasteiger partial charge in [0.15, 0.2) is 0 Å². The highest BCUT2D eigenvalue weighted by atomic mass is 79.9. The van der Waals surface area contributed by atoms with Crippen molar-refractivity contribution in [2.45, 2.75) is 16.1 Å². The SMILES string of the molecule is C=CCC(Sc1ccccc1)(C(=O)OC)c1ccc(Br)cc1. The molecule has 2 rings (SSSR count). The second-order valence-corrected chi connectivity index (χ2v) is 7.02. The number of benzene rings is 2. The summed E-state index contributed by atoms with van der Waals surface area (Å²) in [5.41, 5.74) is 0.899. The van der Waals surface area contributed by atoms with Crippen LogP contribution in [0.1, 0.15) is 12.0 Å². The Bertz CT molecular complexity index is 640. The fourth-order valence-electron chi connectivity index (χ4n) is 2.24. The molecule has 1 unspecified atom stereocenters. The van der Waals surface area contributed by atoms with Crippen molar-refractivity contribution in [3.63, 3.8) is 0 Å². The summed E-state index contributed by atoms with van der Waals surface area (Å²) in [5.74, 6) is -0.274. The summed E-state index contributed by atoms with van der Waals surface area (Å²) >= 11 is 4.92. The summed E-state index contributed by atoms with van der Waals surface area (Å²) in [7, 11) is 1.42. The molecule has 0 heterocycles. The molecule has 0 bridgehead atoms. The lowest BCUT2D eigenvalue weighted by molar-refractivity contribution is -0.143. The molecule has 0 fully saturated rings. The van der Waals surface area contributed by atoms with Gasteiger partial charge in [-0.2, -0.15) is 0 Å². The van der Waals surface area contributed by atoms with Gasteiger partial charge in [-0.25, -0.2) is 0 Å². The molecular formula is C18H17BrO2S. The van der Waals surface area contributed by atoms with Gasteiger partial charge in [-0.1, -0.05) is 52.3 Å². The fraction of sp³-hybridized carbons (Fsp3) is 0.167. The maximum Gasteiger partial charge on any atom is 0.327 e. The third-order valence-electron chi connectivity index (χ3n) is 3.29. The zero-order valence-electron chi connectivity index (χ0n) is 12.3. The Morgan fingerprint density at radius 1 is 1.23 bits per heavy atom. The predicted molar refractivity (Wildman–Crippen MR) is 94.9 cm³/mol. The first kappa shape index (κ1) is 16.8. The fourth-order valence-corrected chi connectivity index (χ4v) is 3.82. The van der Waals surface area contributed by atoms with Crippen molar-refractivity contribution < 1.29 is 9.53 Å². The van der Waals surface area contributed by atoms with Gasteiger partial charge in [0.25, 0.3) is 0 Å². The van der Waals surface area contributed by atoms with E-state index >= 15 is 0 Å². The molecule has 0 saturated heterocycles. The largest absolute Gasteiger partial charge is 0.468 e. The second kappa shape index (κ2) is 7.65. The van der Waals surface area contributed by atoms with E-state index in [-0.39, 0.29) is 5.97 Å². The van der Waals surface area contributed by atoms with Crippen LogP contribution in [0.25, 0.3) is 0 Å². The van der Waals surface area contributed by atoms with E-state index in [0.29, 0.717) is 6.42 Å². The molecule has 0 spiro atoms. The molecule has 2 aromatic rings. The Labute approximate surface area is 143 Å². The number of allylic oxidation sites excluding steroid dienone is 1. The van der Waals surface area contributed by atoms with E-state index in [1.165, 1.54) is 18.9 Å². The molecule has 0 aliphatic heterocycles. The lowest BCUT2D eigenvalue weighted by Crippen LogP contribution is -2.33. The summed E-state index contributed by atoms with van der Waals surface area (Å²) in [6, 6.07) is 17.6.